The van der Waals surface area contributed by atoms with Gasteiger partial charge in [-0.25, -0.2) is 0 Å². The summed E-state index contributed by atoms with van der Waals surface area (Å²) in [7, 11) is 0. The minimum atomic E-state index is -0.785. The van der Waals surface area contributed by atoms with Crippen LogP contribution in [0.15, 0.2) is 6.20 Å². The van der Waals surface area contributed by atoms with E-state index in [0.29, 0.717) is 25.0 Å². The van der Waals surface area contributed by atoms with Gasteiger partial charge in [-0.2, -0.15) is 8.75 Å². The Balaban J connectivity index is 1.88. The molecule has 2 N–H and O–H groups in total. The Morgan fingerprint density at radius 1 is 1.50 bits per heavy atom. The smallest absolute Gasteiger partial charge is 0.306 e. The van der Waals surface area contributed by atoms with Crippen LogP contribution < -0.4 is 5.32 Å². The fraction of sp³-hybridized carbons (Fsp3) is 0.556. The third-order valence-corrected chi connectivity index (χ3v) is 3.19. The van der Waals surface area contributed by atoms with E-state index in [0.717, 1.165) is 11.7 Å². The van der Waals surface area contributed by atoms with E-state index in [1.54, 1.807) is 0 Å². The first kappa shape index (κ1) is 11.0. The van der Waals surface area contributed by atoms with Gasteiger partial charge in [-0.05, 0) is 19.3 Å². The van der Waals surface area contributed by atoms with E-state index in [9.17, 15) is 9.59 Å². The van der Waals surface area contributed by atoms with Crippen molar-refractivity contribution in [2.45, 2.75) is 25.3 Å². The Kier molecular flexibility index (Phi) is 3.14. The highest BCUT2D eigenvalue weighted by molar-refractivity contribution is 6.99. The van der Waals surface area contributed by atoms with Gasteiger partial charge in [-0.15, -0.1) is 0 Å². The molecule has 0 aliphatic heterocycles. The third-order valence-electron chi connectivity index (χ3n) is 2.71. The van der Waals surface area contributed by atoms with Crippen LogP contribution in [0.25, 0.3) is 0 Å². The van der Waals surface area contributed by atoms with Gasteiger partial charge in [0.25, 0.3) is 5.91 Å². The standard InChI is InChI=1S/C9H11N3O3S/c13-8(7-4-10-16-12-7)11-6-2-1-5(3-6)9(14)15/h4-6H,1-3H2,(H,11,13)(H,14,15)/t5-,6+/m0/s1. The number of aromatic nitrogens is 2. The van der Waals surface area contributed by atoms with E-state index in [-0.39, 0.29) is 17.9 Å². The molecule has 0 bridgehead atoms. The van der Waals surface area contributed by atoms with Gasteiger partial charge >= 0.3 is 5.97 Å². The molecule has 6 nitrogen and oxygen atoms in total. The number of carboxylic acid groups (broad SMARTS) is 1. The minimum absolute atomic E-state index is 0.0599. The predicted octanol–water partition coefficient (Wildman–Crippen LogP) is 0.521. The topological polar surface area (TPSA) is 92.2 Å². The van der Waals surface area contributed by atoms with E-state index < -0.39 is 5.97 Å². The molecule has 1 aromatic rings. The summed E-state index contributed by atoms with van der Waals surface area (Å²) in [5, 5.41) is 11.6. The molecule has 16 heavy (non-hydrogen) atoms. The van der Waals surface area contributed by atoms with Crippen molar-refractivity contribution in [2.24, 2.45) is 5.92 Å². The van der Waals surface area contributed by atoms with Crippen molar-refractivity contribution < 1.29 is 14.7 Å². The van der Waals surface area contributed by atoms with Crippen LogP contribution in [0, 0.1) is 5.92 Å². The number of rotatable bonds is 3. The monoisotopic (exact) mass is 241 g/mol. The van der Waals surface area contributed by atoms with Gasteiger partial charge in [0.15, 0.2) is 5.69 Å². The van der Waals surface area contributed by atoms with E-state index in [1.807, 2.05) is 0 Å². The first-order valence-electron chi connectivity index (χ1n) is 4.98. The second-order valence-electron chi connectivity index (χ2n) is 3.81. The molecule has 0 spiro atoms. The first-order chi connectivity index (χ1) is 7.66. The number of carbonyl (C=O) groups is 2. The Bertz CT molecular complexity index is 393. The zero-order valence-corrected chi connectivity index (χ0v) is 9.24. The highest BCUT2D eigenvalue weighted by Crippen LogP contribution is 2.25. The van der Waals surface area contributed by atoms with Crippen LogP contribution in [0.5, 0.6) is 0 Å². The lowest BCUT2D eigenvalue weighted by atomic mass is 10.1. The Hall–Kier alpha value is -1.50. The molecule has 0 aromatic carbocycles. The van der Waals surface area contributed by atoms with Crippen molar-refractivity contribution >= 4 is 23.6 Å². The molecule has 86 valence electrons. The number of carbonyl (C=O) groups excluding carboxylic acids is 1. The van der Waals surface area contributed by atoms with Gasteiger partial charge in [0, 0.05) is 6.04 Å². The third kappa shape index (κ3) is 2.35. The molecule has 1 aromatic heterocycles. The van der Waals surface area contributed by atoms with Crippen molar-refractivity contribution in [3.63, 3.8) is 0 Å². The van der Waals surface area contributed by atoms with Crippen LogP contribution in [0.3, 0.4) is 0 Å². The SMILES string of the molecule is O=C(N[C@@H]1CC[C@H](C(=O)O)C1)c1cnsn1. The van der Waals surface area contributed by atoms with Gasteiger partial charge in [-0.3, -0.25) is 9.59 Å². The lowest BCUT2D eigenvalue weighted by molar-refractivity contribution is -0.141. The molecule has 1 amide bonds. The maximum Gasteiger partial charge on any atom is 0.306 e. The van der Waals surface area contributed by atoms with E-state index in [1.165, 1.54) is 6.20 Å². The van der Waals surface area contributed by atoms with Crippen molar-refractivity contribution in [1.29, 1.82) is 0 Å². The highest BCUT2D eigenvalue weighted by atomic mass is 32.1. The average Bonchev–Trinajstić information content (AvgIpc) is 2.87. The molecule has 0 unspecified atom stereocenters. The number of hydrogen-bond acceptors (Lipinski definition) is 5. The van der Waals surface area contributed by atoms with Crippen molar-refractivity contribution in [2.75, 3.05) is 0 Å². The summed E-state index contributed by atoms with van der Waals surface area (Å²) in [6.45, 7) is 0. The van der Waals surface area contributed by atoms with E-state index in [4.69, 9.17) is 5.11 Å². The second kappa shape index (κ2) is 4.56. The summed E-state index contributed by atoms with van der Waals surface area (Å²) < 4.78 is 7.55. The van der Waals surface area contributed by atoms with Crippen molar-refractivity contribution in [3.8, 4) is 0 Å². The zero-order valence-electron chi connectivity index (χ0n) is 8.42. The summed E-state index contributed by atoms with van der Waals surface area (Å²) in [5.74, 6) is -1.39. The number of amides is 1. The van der Waals surface area contributed by atoms with E-state index >= 15 is 0 Å². The first-order valence-corrected chi connectivity index (χ1v) is 5.71. The normalized spacial score (nSPS) is 24.2. The van der Waals surface area contributed by atoms with E-state index in [2.05, 4.69) is 14.1 Å². The minimum Gasteiger partial charge on any atom is -0.481 e. The lowest BCUT2D eigenvalue weighted by Gasteiger charge is -2.10. The molecule has 2 rings (SSSR count). The van der Waals surface area contributed by atoms with Gasteiger partial charge in [0.2, 0.25) is 0 Å². The molecular formula is C9H11N3O3S. The van der Waals surface area contributed by atoms with Crippen LogP contribution >= 0.6 is 11.7 Å². The predicted molar refractivity (Wildman–Crippen MR) is 56.1 cm³/mol. The average molecular weight is 241 g/mol. The number of carboxylic acids is 1. The Labute approximate surface area is 96.0 Å². The summed E-state index contributed by atoms with van der Waals surface area (Å²) in [5.41, 5.74) is 0.295. The zero-order chi connectivity index (χ0) is 11.5. The lowest BCUT2D eigenvalue weighted by Crippen LogP contribution is -2.33. The van der Waals surface area contributed by atoms with Gasteiger partial charge < -0.3 is 10.4 Å². The Morgan fingerprint density at radius 2 is 2.31 bits per heavy atom. The maximum absolute atomic E-state index is 11.6. The molecule has 7 heteroatoms. The number of nitrogens with one attached hydrogen (secondary N) is 1. The maximum atomic E-state index is 11.6. The molecule has 1 aliphatic carbocycles. The molecule has 0 saturated heterocycles. The number of nitrogens with zero attached hydrogens (tertiary/aromatic N) is 2. The molecule has 1 aliphatic rings. The molecule has 1 fully saturated rings. The van der Waals surface area contributed by atoms with Gasteiger partial charge in [0.1, 0.15) is 0 Å². The molecule has 1 heterocycles. The molecule has 0 radical (unpaired) electrons. The van der Waals surface area contributed by atoms with Crippen molar-refractivity contribution in [3.05, 3.63) is 11.9 Å². The van der Waals surface area contributed by atoms with Crippen molar-refractivity contribution in [1.82, 2.24) is 14.1 Å². The van der Waals surface area contributed by atoms with Crippen LogP contribution in [0.4, 0.5) is 0 Å². The summed E-state index contributed by atoms with van der Waals surface area (Å²) in [4.78, 5) is 22.3. The van der Waals surface area contributed by atoms with Crippen LogP contribution in [0.2, 0.25) is 0 Å². The van der Waals surface area contributed by atoms with Crippen LogP contribution in [0.1, 0.15) is 29.8 Å². The fourth-order valence-electron chi connectivity index (χ4n) is 1.86. The van der Waals surface area contributed by atoms with Crippen LogP contribution in [-0.4, -0.2) is 31.8 Å². The summed E-state index contributed by atoms with van der Waals surface area (Å²) in [6.07, 6.45) is 3.23. The number of hydrogen-bond donors (Lipinski definition) is 2. The van der Waals surface area contributed by atoms with Crippen LogP contribution in [-0.2, 0) is 4.79 Å². The highest BCUT2D eigenvalue weighted by Gasteiger charge is 2.30. The molecule has 2 atom stereocenters. The molecular weight excluding hydrogens is 230 g/mol. The molecule has 1 saturated carbocycles. The Morgan fingerprint density at radius 3 is 2.88 bits per heavy atom. The second-order valence-corrected chi connectivity index (χ2v) is 4.37. The summed E-state index contributed by atoms with van der Waals surface area (Å²) in [6, 6.07) is -0.0599. The fourth-order valence-corrected chi connectivity index (χ4v) is 2.27. The summed E-state index contributed by atoms with van der Waals surface area (Å²) >= 11 is 0.976. The number of aliphatic carboxylic acids is 1. The van der Waals surface area contributed by atoms with Gasteiger partial charge in [-0.1, -0.05) is 0 Å². The van der Waals surface area contributed by atoms with Gasteiger partial charge in [0.05, 0.1) is 23.8 Å². The largest absolute Gasteiger partial charge is 0.481 e. The quantitative estimate of drug-likeness (QED) is 0.805.